The first kappa shape index (κ1) is 9.55. The molecule has 2 aliphatic rings. The molecule has 1 heterocycles. The van der Waals surface area contributed by atoms with Crippen LogP contribution in [0.5, 0.6) is 5.75 Å². The van der Waals surface area contributed by atoms with E-state index in [0.717, 1.165) is 38.0 Å². The van der Waals surface area contributed by atoms with Crippen molar-refractivity contribution < 1.29 is 4.74 Å². The number of rotatable bonds is 1. The molecule has 1 aliphatic carbocycles. The number of azide groups is 1. The number of nitrogens with zero attached hydrogens (tertiary/aromatic N) is 3. The molecule has 4 nitrogen and oxygen atoms in total. The van der Waals surface area contributed by atoms with Crippen LogP contribution in [0.2, 0.25) is 0 Å². The van der Waals surface area contributed by atoms with Crippen molar-refractivity contribution in [2.24, 2.45) is 5.11 Å². The molecule has 1 unspecified atom stereocenters. The highest BCUT2D eigenvalue weighted by atomic mass is 16.5. The van der Waals surface area contributed by atoms with Crippen LogP contribution >= 0.6 is 0 Å². The van der Waals surface area contributed by atoms with Crippen molar-refractivity contribution in [3.8, 4) is 5.75 Å². The van der Waals surface area contributed by atoms with Crippen molar-refractivity contribution in [2.45, 2.75) is 31.7 Å². The molecular weight excluding hydrogens is 202 g/mol. The Labute approximate surface area is 93.9 Å². The van der Waals surface area contributed by atoms with E-state index in [2.05, 4.69) is 22.2 Å². The van der Waals surface area contributed by atoms with Crippen LogP contribution in [0, 0.1) is 0 Å². The zero-order chi connectivity index (χ0) is 11.0. The van der Waals surface area contributed by atoms with Gasteiger partial charge < -0.3 is 4.74 Å². The standard InChI is InChI=1S/C12H13N3O/c13-15-14-11-2-1-8-7-12-9(3-4-16-12)5-10(8)6-11/h5,7,11H,1-4,6H2. The lowest BCUT2D eigenvalue weighted by Crippen LogP contribution is -2.16. The fourth-order valence-electron chi connectivity index (χ4n) is 2.59. The molecule has 0 bridgehead atoms. The highest BCUT2D eigenvalue weighted by molar-refractivity contribution is 5.46. The van der Waals surface area contributed by atoms with Gasteiger partial charge in [0, 0.05) is 17.4 Å². The van der Waals surface area contributed by atoms with Gasteiger partial charge in [-0.25, -0.2) is 0 Å². The van der Waals surface area contributed by atoms with E-state index < -0.39 is 0 Å². The minimum atomic E-state index is 0.137. The van der Waals surface area contributed by atoms with E-state index in [1.54, 1.807) is 0 Å². The number of benzene rings is 1. The SMILES string of the molecule is [N-]=[N+]=NC1CCc2cc3c(cc2C1)CCO3. The summed E-state index contributed by atoms with van der Waals surface area (Å²) < 4.78 is 5.56. The Balaban J connectivity index is 1.96. The summed E-state index contributed by atoms with van der Waals surface area (Å²) >= 11 is 0. The van der Waals surface area contributed by atoms with E-state index in [-0.39, 0.29) is 6.04 Å². The molecule has 0 spiro atoms. The lowest BCUT2D eigenvalue weighted by Gasteiger charge is -2.21. The Morgan fingerprint density at radius 1 is 1.25 bits per heavy atom. The Hall–Kier alpha value is -1.67. The van der Waals surface area contributed by atoms with Gasteiger partial charge in [-0.1, -0.05) is 11.2 Å². The van der Waals surface area contributed by atoms with Gasteiger partial charge in [0.05, 0.1) is 6.61 Å². The summed E-state index contributed by atoms with van der Waals surface area (Å²) in [5, 5.41) is 3.83. The number of aryl methyl sites for hydroxylation is 1. The molecule has 1 aliphatic heterocycles. The van der Waals surface area contributed by atoms with Crippen molar-refractivity contribution >= 4 is 0 Å². The molecule has 0 saturated carbocycles. The number of hydrogen-bond acceptors (Lipinski definition) is 2. The minimum Gasteiger partial charge on any atom is -0.493 e. The van der Waals surface area contributed by atoms with Gasteiger partial charge in [0.2, 0.25) is 0 Å². The number of hydrogen-bond donors (Lipinski definition) is 0. The van der Waals surface area contributed by atoms with E-state index in [1.165, 1.54) is 16.7 Å². The van der Waals surface area contributed by atoms with E-state index in [0.29, 0.717) is 0 Å². The molecule has 16 heavy (non-hydrogen) atoms. The summed E-state index contributed by atoms with van der Waals surface area (Å²) in [6, 6.07) is 4.54. The van der Waals surface area contributed by atoms with Crippen LogP contribution < -0.4 is 4.74 Å². The first-order valence-corrected chi connectivity index (χ1v) is 5.68. The second-order valence-corrected chi connectivity index (χ2v) is 4.43. The molecule has 3 rings (SSSR count). The normalized spacial score (nSPS) is 21.6. The lowest BCUT2D eigenvalue weighted by molar-refractivity contribution is 0.356. The number of ether oxygens (including phenoxy) is 1. The third kappa shape index (κ3) is 1.51. The third-order valence-electron chi connectivity index (χ3n) is 3.43. The zero-order valence-electron chi connectivity index (χ0n) is 9.02. The van der Waals surface area contributed by atoms with Crippen LogP contribution in [-0.2, 0) is 19.3 Å². The Morgan fingerprint density at radius 3 is 3.06 bits per heavy atom. The topological polar surface area (TPSA) is 58.0 Å². The van der Waals surface area contributed by atoms with Gasteiger partial charge in [0.25, 0.3) is 0 Å². The summed E-state index contributed by atoms with van der Waals surface area (Å²) in [5.74, 6) is 1.06. The van der Waals surface area contributed by atoms with Crippen LogP contribution in [0.25, 0.3) is 10.4 Å². The molecule has 1 aromatic carbocycles. The maximum absolute atomic E-state index is 8.46. The van der Waals surface area contributed by atoms with E-state index >= 15 is 0 Å². The van der Waals surface area contributed by atoms with Crippen molar-refractivity contribution in [1.82, 2.24) is 0 Å². The average molecular weight is 215 g/mol. The molecule has 0 saturated heterocycles. The predicted octanol–water partition coefficient (Wildman–Crippen LogP) is 2.79. The van der Waals surface area contributed by atoms with Gasteiger partial charge in [0.15, 0.2) is 0 Å². The molecule has 0 aromatic heterocycles. The van der Waals surface area contributed by atoms with Gasteiger partial charge in [-0.3, -0.25) is 0 Å². The maximum atomic E-state index is 8.46. The molecule has 82 valence electrons. The van der Waals surface area contributed by atoms with Crippen molar-refractivity contribution in [3.05, 3.63) is 39.3 Å². The first-order chi connectivity index (χ1) is 7.86. The third-order valence-corrected chi connectivity index (χ3v) is 3.43. The highest BCUT2D eigenvalue weighted by Crippen LogP contribution is 2.33. The summed E-state index contributed by atoms with van der Waals surface area (Å²) in [5.41, 5.74) is 12.5. The molecule has 1 aromatic rings. The first-order valence-electron chi connectivity index (χ1n) is 5.68. The van der Waals surface area contributed by atoms with Crippen molar-refractivity contribution in [1.29, 1.82) is 0 Å². The van der Waals surface area contributed by atoms with Crippen molar-refractivity contribution in [3.63, 3.8) is 0 Å². The van der Waals surface area contributed by atoms with Gasteiger partial charge in [-0.05, 0) is 47.6 Å². The predicted molar refractivity (Wildman–Crippen MR) is 60.6 cm³/mol. The Kier molecular flexibility index (Phi) is 2.22. The van der Waals surface area contributed by atoms with Gasteiger partial charge in [0.1, 0.15) is 5.75 Å². The van der Waals surface area contributed by atoms with Crippen LogP contribution in [0.1, 0.15) is 23.1 Å². The fraction of sp³-hybridized carbons (Fsp3) is 0.500. The monoisotopic (exact) mass is 215 g/mol. The summed E-state index contributed by atoms with van der Waals surface area (Å²) in [7, 11) is 0. The second-order valence-electron chi connectivity index (χ2n) is 4.43. The van der Waals surface area contributed by atoms with Crippen LogP contribution in [0.3, 0.4) is 0 Å². The van der Waals surface area contributed by atoms with E-state index in [1.807, 2.05) is 0 Å². The van der Waals surface area contributed by atoms with E-state index in [9.17, 15) is 0 Å². The molecule has 0 amide bonds. The summed E-state index contributed by atoms with van der Waals surface area (Å²) in [6.07, 6.45) is 3.84. The summed E-state index contributed by atoms with van der Waals surface area (Å²) in [6.45, 7) is 0.804. The summed E-state index contributed by atoms with van der Waals surface area (Å²) in [4.78, 5) is 2.91. The Bertz CT molecular complexity index is 477. The van der Waals surface area contributed by atoms with Gasteiger partial charge >= 0.3 is 0 Å². The van der Waals surface area contributed by atoms with Crippen LogP contribution in [0.4, 0.5) is 0 Å². The molecule has 0 N–H and O–H groups in total. The lowest BCUT2D eigenvalue weighted by atomic mass is 9.87. The smallest absolute Gasteiger partial charge is 0.122 e. The average Bonchev–Trinajstić information content (AvgIpc) is 2.73. The second kappa shape index (κ2) is 3.72. The maximum Gasteiger partial charge on any atom is 0.122 e. The largest absolute Gasteiger partial charge is 0.493 e. The quantitative estimate of drug-likeness (QED) is 0.403. The van der Waals surface area contributed by atoms with Gasteiger partial charge in [-0.2, -0.15) is 0 Å². The fourth-order valence-corrected chi connectivity index (χ4v) is 2.59. The molecule has 4 heteroatoms. The van der Waals surface area contributed by atoms with Crippen LogP contribution in [-0.4, -0.2) is 12.6 Å². The molecular formula is C12H13N3O. The number of fused-ring (bicyclic) bond motifs is 2. The van der Waals surface area contributed by atoms with Crippen LogP contribution in [0.15, 0.2) is 17.2 Å². The van der Waals surface area contributed by atoms with Crippen molar-refractivity contribution in [2.75, 3.05) is 6.61 Å². The Morgan fingerprint density at radius 2 is 2.19 bits per heavy atom. The highest BCUT2D eigenvalue weighted by Gasteiger charge is 2.21. The molecule has 0 fully saturated rings. The zero-order valence-corrected chi connectivity index (χ0v) is 9.02. The molecule has 1 atom stereocenters. The molecule has 0 radical (unpaired) electrons. The van der Waals surface area contributed by atoms with Gasteiger partial charge in [-0.15, -0.1) is 0 Å². The minimum absolute atomic E-state index is 0.137. The van der Waals surface area contributed by atoms with E-state index in [4.69, 9.17) is 10.3 Å².